The molecule has 1 saturated carbocycles. The number of fused-ring (bicyclic) bond motifs is 1. The van der Waals surface area contributed by atoms with Crippen LogP contribution >= 0.6 is 0 Å². The third-order valence-electron chi connectivity index (χ3n) is 3.64. The van der Waals surface area contributed by atoms with Gasteiger partial charge in [0.2, 0.25) is 0 Å². The monoisotopic (exact) mass is 187 g/mol. The molecule has 74 valence electrons. The van der Waals surface area contributed by atoms with E-state index in [9.17, 15) is 0 Å². The van der Waals surface area contributed by atoms with E-state index in [0.29, 0.717) is 6.04 Å². The zero-order valence-electron chi connectivity index (χ0n) is 8.50. The fourth-order valence-corrected chi connectivity index (χ4v) is 2.53. The van der Waals surface area contributed by atoms with E-state index >= 15 is 0 Å². The van der Waals surface area contributed by atoms with Crippen molar-refractivity contribution in [1.29, 1.82) is 0 Å². The molecule has 0 aliphatic heterocycles. The standard InChI is InChI=1S/C13H17N/c14-13(10-5-6-10)12-7-4-9-2-1-3-11(9)8-12/h4,7-8,10,13H,1-3,5-6,14H2/t13-/m0/s1. The lowest BCUT2D eigenvalue weighted by Gasteiger charge is -2.12. The van der Waals surface area contributed by atoms with Crippen LogP contribution in [-0.2, 0) is 12.8 Å². The van der Waals surface area contributed by atoms with Crippen LogP contribution in [0.15, 0.2) is 18.2 Å². The molecule has 1 atom stereocenters. The molecule has 0 amide bonds. The van der Waals surface area contributed by atoms with Crippen molar-refractivity contribution in [1.82, 2.24) is 0 Å². The van der Waals surface area contributed by atoms with Gasteiger partial charge in [0.25, 0.3) is 0 Å². The van der Waals surface area contributed by atoms with Gasteiger partial charge in [0.1, 0.15) is 0 Å². The summed E-state index contributed by atoms with van der Waals surface area (Å²) in [6, 6.07) is 7.19. The number of benzene rings is 1. The zero-order chi connectivity index (χ0) is 9.54. The molecule has 0 aromatic heterocycles. The smallest absolute Gasteiger partial charge is 0.0323 e. The van der Waals surface area contributed by atoms with Gasteiger partial charge in [-0.05, 0) is 54.7 Å². The van der Waals surface area contributed by atoms with E-state index < -0.39 is 0 Å². The fraction of sp³-hybridized carbons (Fsp3) is 0.538. The van der Waals surface area contributed by atoms with Gasteiger partial charge >= 0.3 is 0 Å². The lowest BCUT2D eigenvalue weighted by Crippen LogP contribution is -2.12. The van der Waals surface area contributed by atoms with Gasteiger partial charge in [-0.15, -0.1) is 0 Å². The van der Waals surface area contributed by atoms with E-state index in [1.807, 2.05) is 0 Å². The van der Waals surface area contributed by atoms with Gasteiger partial charge in [-0.3, -0.25) is 0 Å². The number of hydrogen-bond acceptors (Lipinski definition) is 1. The Kier molecular flexibility index (Phi) is 1.88. The summed E-state index contributed by atoms with van der Waals surface area (Å²) in [5, 5.41) is 0. The first-order chi connectivity index (χ1) is 6.84. The summed E-state index contributed by atoms with van der Waals surface area (Å²) in [4.78, 5) is 0. The van der Waals surface area contributed by atoms with Crippen LogP contribution in [0.3, 0.4) is 0 Å². The number of aryl methyl sites for hydroxylation is 2. The summed E-state index contributed by atoms with van der Waals surface area (Å²) >= 11 is 0. The minimum Gasteiger partial charge on any atom is -0.324 e. The molecule has 0 unspecified atom stereocenters. The van der Waals surface area contributed by atoms with Crippen LogP contribution in [0.25, 0.3) is 0 Å². The van der Waals surface area contributed by atoms with Crippen LogP contribution in [0.1, 0.15) is 42.0 Å². The summed E-state index contributed by atoms with van der Waals surface area (Å²) in [5.74, 6) is 0.773. The van der Waals surface area contributed by atoms with Crippen molar-refractivity contribution in [2.45, 2.75) is 38.1 Å². The van der Waals surface area contributed by atoms with Crippen LogP contribution < -0.4 is 5.73 Å². The van der Waals surface area contributed by atoms with E-state index in [-0.39, 0.29) is 0 Å². The molecular weight excluding hydrogens is 170 g/mol. The average molecular weight is 187 g/mol. The Balaban J connectivity index is 1.91. The molecule has 1 aromatic carbocycles. The van der Waals surface area contributed by atoms with Crippen LogP contribution in [0, 0.1) is 5.92 Å². The van der Waals surface area contributed by atoms with E-state index in [1.165, 1.54) is 37.7 Å². The molecule has 2 aliphatic carbocycles. The van der Waals surface area contributed by atoms with Crippen molar-refractivity contribution >= 4 is 0 Å². The van der Waals surface area contributed by atoms with Crippen molar-refractivity contribution in [2.24, 2.45) is 11.7 Å². The number of nitrogens with two attached hydrogens (primary N) is 1. The quantitative estimate of drug-likeness (QED) is 0.756. The SMILES string of the molecule is N[C@H](c1ccc2c(c1)CCC2)C1CC1. The molecule has 1 nitrogen and oxygen atoms in total. The summed E-state index contributed by atoms with van der Waals surface area (Å²) < 4.78 is 0. The highest BCUT2D eigenvalue weighted by molar-refractivity contribution is 5.36. The van der Waals surface area contributed by atoms with Crippen LogP contribution in [0.5, 0.6) is 0 Å². The second-order valence-electron chi connectivity index (χ2n) is 4.74. The maximum absolute atomic E-state index is 6.19. The van der Waals surface area contributed by atoms with Gasteiger partial charge in [0, 0.05) is 6.04 Å². The predicted octanol–water partition coefficient (Wildman–Crippen LogP) is 2.59. The van der Waals surface area contributed by atoms with Crippen molar-refractivity contribution in [3.63, 3.8) is 0 Å². The van der Waals surface area contributed by atoms with Crippen molar-refractivity contribution < 1.29 is 0 Å². The van der Waals surface area contributed by atoms with Gasteiger partial charge in [-0.2, -0.15) is 0 Å². The highest BCUT2D eigenvalue weighted by Gasteiger charge is 2.29. The summed E-state index contributed by atoms with van der Waals surface area (Å²) in [6.07, 6.45) is 6.53. The third-order valence-corrected chi connectivity index (χ3v) is 3.64. The van der Waals surface area contributed by atoms with Gasteiger partial charge < -0.3 is 5.73 Å². The molecule has 3 rings (SSSR count). The predicted molar refractivity (Wildman–Crippen MR) is 58.1 cm³/mol. The minimum absolute atomic E-state index is 0.306. The summed E-state index contributed by atoms with van der Waals surface area (Å²) in [5.41, 5.74) is 10.7. The molecule has 2 N–H and O–H groups in total. The number of rotatable bonds is 2. The lowest BCUT2D eigenvalue weighted by molar-refractivity contribution is 0.633. The highest BCUT2D eigenvalue weighted by atomic mass is 14.7. The Morgan fingerprint density at radius 2 is 1.93 bits per heavy atom. The van der Waals surface area contributed by atoms with Crippen LogP contribution in [0.4, 0.5) is 0 Å². The van der Waals surface area contributed by atoms with Crippen molar-refractivity contribution in [3.05, 3.63) is 34.9 Å². The Morgan fingerprint density at radius 3 is 2.71 bits per heavy atom. The topological polar surface area (TPSA) is 26.0 Å². The zero-order valence-corrected chi connectivity index (χ0v) is 8.50. The van der Waals surface area contributed by atoms with E-state index in [1.54, 1.807) is 11.1 Å². The lowest BCUT2D eigenvalue weighted by atomic mass is 9.99. The minimum atomic E-state index is 0.306. The maximum Gasteiger partial charge on any atom is 0.0323 e. The second-order valence-corrected chi connectivity index (χ2v) is 4.74. The average Bonchev–Trinajstić information content (AvgIpc) is 2.95. The first kappa shape index (κ1) is 8.49. The molecule has 14 heavy (non-hydrogen) atoms. The molecule has 1 aromatic rings. The number of hydrogen-bond donors (Lipinski definition) is 1. The molecular formula is C13H17N. The first-order valence-electron chi connectivity index (χ1n) is 5.72. The molecule has 0 radical (unpaired) electrons. The highest BCUT2D eigenvalue weighted by Crippen LogP contribution is 2.40. The Bertz CT molecular complexity index is 352. The van der Waals surface area contributed by atoms with Gasteiger partial charge in [-0.1, -0.05) is 18.2 Å². The summed E-state index contributed by atoms with van der Waals surface area (Å²) in [7, 11) is 0. The Labute approximate surface area is 85.3 Å². The Hall–Kier alpha value is -0.820. The van der Waals surface area contributed by atoms with Gasteiger partial charge in [0.15, 0.2) is 0 Å². The van der Waals surface area contributed by atoms with Crippen LogP contribution in [-0.4, -0.2) is 0 Å². The molecule has 1 fully saturated rings. The van der Waals surface area contributed by atoms with Crippen molar-refractivity contribution in [2.75, 3.05) is 0 Å². The van der Waals surface area contributed by atoms with Gasteiger partial charge in [0.05, 0.1) is 0 Å². The normalized spacial score (nSPS) is 22.1. The first-order valence-corrected chi connectivity index (χ1v) is 5.72. The Morgan fingerprint density at radius 1 is 1.14 bits per heavy atom. The maximum atomic E-state index is 6.19. The summed E-state index contributed by atoms with van der Waals surface area (Å²) in [6.45, 7) is 0. The molecule has 2 aliphatic rings. The van der Waals surface area contributed by atoms with Crippen LogP contribution in [0.2, 0.25) is 0 Å². The third kappa shape index (κ3) is 1.36. The molecule has 0 bridgehead atoms. The largest absolute Gasteiger partial charge is 0.324 e. The fourth-order valence-electron chi connectivity index (χ4n) is 2.53. The molecule has 0 heterocycles. The van der Waals surface area contributed by atoms with Gasteiger partial charge in [-0.25, -0.2) is 0 Å². The van der Waals surface area contributed by atoms with E-state index in [4.69, 9.17) is 5.73 Å². The van der Waals surface area contributed by atoms with E-state index in [0.717, 1.165) is 5.92 Å². The van der Waals surface area contributed by atoms with E-state index in [2.05, 4.69) is 18.2 Å². The molecule has 0 spiro atoms. The molecule has 0 saturated heterocycles. The van der Waals surface area contributed by atoms with Crippen molar-refractivity contribution in [3.8, 4) is 0 Å². The second kappa shape index (κ2) is 3.09. The molecule has 1 heteroatoms.